The van der Waals surface area contributed by atoms with E-state index in [1.165, 1.54) is 4.90 Å². The van der Waals surface area contributed by atoms with Crippen LogP contribution in [0.1, 0.15) is 31.9 Å². The minimum atomic E-state index is -3.75. The quantitative estimate of drug-likeness (QED) is 0.547. The average Bonchev–Trinajstić information content (AvgIpc) is 2.72. The molecule has 0 aromatic heterocycles. The topological polar surface area (TPSA) is 86.8 Å². The van der Waals surface area contributed by atoms with Gasteiger partial charge in [-0.1, -0.05) is 49.7 Å². The van der Waals surface area contributed by atoms with Gasteiger partial charge < -0.3 is 10.2 Å². The van der Waals surface area contributed by atoms with Crippen molar-refractivity contribution in [1.29, 1.82) is 0 Å². The van der Waals surface area contributed by atoms with E-state index in [9.17, 15) is 18.0 Å². The summed E-state index contributed by atoms with van der Waals surface area (Å²) in [6.45, 7) is 7.60. The monoisotopic (exact) mass is 493 g/mol. The van der Waals surface area contributed by atoms with Crippen molar-refractivity contribution in [2.75, 3.05) is 23.7 Å². The zero-order valence-electron chi connectivity index (χ0n) is 19.7. The molecule has 2 aromatic rings. The van der Waals surface area contributed by atoms with Crippen LogP contribution in [0.3, 0.4) is 0 Å². The van der Waals surface area contributed by atoms with Gasteiger partial charge in [0.1, 0.15) is 12.6 Å². The van der Waals surface area contributed by atoms with Crippen molar-refractivity contribution in [1.82, 2.24) is 10.2 Å². The van der Waals surface area contributed by atoms with E-state index in [1.54, 1.807) is 49.4 Å². The molecule has 0 heterocycles. The Morgan fingerprint density at radius 2 is 1.73 bits per heavy atom. The van der Waals surface area contributed by atoms with Crippen LogP contribution in [-0.4, -0.2) is 50.5 Å². The molecule has 1 atom stereocenters. The highest BCUT2D eigenvalue weighted by molar-refractivity contribution is 7.92. The molecule has 0 saturated heterocycles. The first-order chi connectivity index (χ1) is 15.4. The lowest BCUT2D eigenvalue weighted by molar-refractivity contribution is -0.139. The maximum absolute atomic E-state index is 13.4. The number of nitrogens with one attached hydrogen (secondary N) is 1. The first kappa shape index (κ1) is 26.7. The number of hydrogen-bond acceptors (Lipinski definition) is 4. The van der Waals surface area contributed by atoms with E-state index in [2.05, 4.69) is 5.32 Å². The lowest BCUT2D eigenvalue weighted by Gasteiger charge is -2.31. The summed E-state index contributed by atoms with van der Waals surface area (Å²) in [5, 5.41) is 3.35. The summed E-state index contributed by atoms with van der Waals surface area (Å²) in [6.07, 6.45) is 1.06. The summed E-state index contributed by atoms with van der Waals surface area (Å²) in [5.41, 5.74) is 2.00. The molecule has 9 heteroatoms. The summed E-state index contributed by atoms with van der Waals surface area (Å²) in [4.78, 5) is 27.6. The molecule has 1 unspecified atom stereocenters. The smallest absolute Gasteiger partial charge is 0.244 e. The van der Waals surface area contributed by atoms with Gasteiger partial charge in [-0.15, -0.1) is 0 Å². The number of nitrogens with zero attached hydrogens (tertiary/aromatic N) is 2. The van der Waals surface area contributed by atoms with Crippen molar-refractivity contribution >= 4 is 39.1 Å². The van der Waals surface area contributed by atoms with Crippen LogP contribution < -0.4 is 9.62 Å². The summed E-state index contributed by atoms with van der Waals surface area (Å²) in [5.74, 6) is -0.546. The van der Waals surface area contributed by atoms with E-state index >= 15 is 0 Å². The third-order valence-corrected chi connectivity index (χ3v) is 6.44. The zero-order chi connectivity index (χ0) is 24.8. The fraction of sp³-hybridized carbons (Fsp3) is 0.417. The molecule has 0 bridgehead atoms. The van der Waals surface area contributed by atoms with Crippen LogP contribution in [0.4, 0.5) is 5.69 Å². The van der Waals surface area contributed by atoms with Crippen LogP contribution in [-0.2, 0) is 26.2 Å². The summed E-state index contributed by atoms with van der Waals surface area (Å²) in [6, 6.07) is 13.1. The predicted molar refractivity (Wildman–Crippen MR) is 133 cm³/mol. The van der Waals surface area contributed by atoms with E-state index < -0.39 is 28.5 Å². The largest absolute Gasteiger partial charge is 0.354 e. The van der Waals surface area contributed by atoms with Gasteiger partial charge in [0.05, 0.1) is 11.9 Å². The van der Waals surface area contributed by atoms with Crippen molar-refractivity contribution in [2.45, 2.75) is 40.3 Å². The van der Waals surface area contributed by atoms with Gasteiger partial charge in [0.25, 0.3) is 0 Å². The number of carbonyl (C=O) groups is 2. The molecule has 180 valence electrons. The van der Waals surface area contributed by atoms with Crippen LogP contribution in [0.25, 0.3) is 0 Å². The Hall–Kier alpha value is -2.58. The fourth-order valence-electron chi connectivity index (χ4n) is 3.26. The Kier molecular flexibility index (Phi) is 9.31. The van der Waals surface area contributed by atoms with E-state index in [0.29, 0.717) is 17.3 Å². The van der Waals surface area contributed by atoms with E-state index in [4.69, 9.17) is 11.6 Å². The molecule has 7 nitrogen and oxygen atoms in total. The average molecular weight is 494 g/mol. The Bertz CT molecular complexity index is 1090. The van der Waals surface area contributed by atoms with Gasteiger partial charge >= 0.3 is 0 Å². The normalized spacial score (nSPS) is 12.3. The van der Waals surface area contributed by atoms with E-state index in [0.717, 1.165) is 21.7 Å². The molecule has 2 aromatic carbocycles. The van der Waals surface area contributed by atoms with Gasteiger partial charge in [-0.25, -0.2) is 8.42 Å². The molecule has 0 aliphatic rings. The lowest BCUT2D eigenvalue weighted by Crippen LogP contribution is -2.51. The van der Waals surface area contributed by atoms with E-state index in [-0.39, 0.29) is 18.4 Å². The van der Waals surface area contributed by atoms with Gasteiger partial charge in [-0.3, -0.25) is 13.9 Å². The number of rotatable bonds is 10. The minimum absolute atomic E-state index is 0.112. The van der Waals surface area contributed by atoms with Crippen molar-refractivity contribution in [3.63, 3.8) is 0 Å². The van der Waals surface area contributed by atoms with Crippen molar-refractivity contribution in [2.24, 2.45) is 5.92 Å². The second-order valence-corrected chi connectivity index (χ2v) is 10.9. The number of hydrogen-bond donors (Lipinski definition) is 1. The maximum Gasteiger partial charge on any atom is 0.244 e. The SMILES string of the molecule is Cc1cccc(N(CC(=O)N(Cc2cccc(Cl)c2)C(C)C(=O)NCC(C)C)S(C)(=O)=O)c1. The Morgan fingerprint density at radius 3 is 2.30 bits per heavy atom. The van der Waals surface area contributed by atoms with Gasteiger partial charge in [-0.05, 0) is 55.2 Å². The van der Waals surface area contributed by atoms with Crippen LogP contribution in [0, 0.1) is 12.8 Å². The minimum Gasteiger partial charge on any atom is -0.354 e. The summed E-state index contributed by atoms with van der Waals surface area (Å²) < 4.78 is 26.1. The molecular weight excluding hydrogens is 462 g/mol. The van der Waals surface area contributed by atoms with Gasteiger partial charge in [-0.2, -0.15) is 0 Å². The first-order valence-electron chi connectivity index (χ1n) is 10.7. The molecule has 2 rings (SSSR count). The van der Waals surface area contributed by atoms with Gasteiger partial charge in [0.15, 0.2) is 0 Å². The third kappa shape index (κ3) is 8.05. The van der Waals surface area contributed by atoms with Crippen LogP contribution in [0.2, 0.25) is 5.02 Å². The van der Waals surface area contributed by atoms with Crippen molar-refractivity contribution in [3.8, 4) is 0 Å². The molecule has 0 radical (unpaired) electrons. The molecule has 33 heavy (non-hydrogen) atoms. The number of sulfonamides is 1. The summed E-state index contributed by atoms with van der Waals surface area (Å²) >= 11 is 6.10. The summed E-state index contributed by atoms with van der Waals surface area (Å²) in [7, 11) is -3.75. The molecule has 0 spiro atoms. The van der Waals surface area contributed by atoms with Crippen molar-refractivity contribution < 1.29 is 18.0 Å². The second-order valence-electron chi connectivity index (χ2n) is 8.58. The molecule has 0 fully saturated rings. The third-order valence-electron chi connectivity index (χ3n) is 5.06. The number of anilines is 1. The highest BCUT2D eigenvalue weighted by Gasteiger charge is 2.30. The lowest BCUT2D eigenvalue weighted by atomic mass is 10.1. The standard InChI is InChI=1S/C24H32ClN3O4S/c1-17(2)14-26-24(30)19(4)27(15-20-9-7-10-21(25)13-20)23(29)16-28(33(5,31)32)22-11-6-8-18(3)12-22/h6-13,17,19H,14-16H2,1-5H3,(H,26,30). The molecule has 0 aliphatic carbocycles. The number of aryl methyl sites for hydroxylation is 1. The highest BCUT2D eigenvalue weighted by Crippen LogP contribution is 2.21. The van der Waals surface area contributed by atoms with Crippen LogP contribution >= 0.6 is 11.6 Å². The van der Waals surface area contributed by atoms with Crippen molar-refractivity contribution in [3.05, 3.63) is 64.7 Å². The van der Waals surface area contributed by atoms with Gasteiger partial charge in [0, 0.05) is 18.1 Å². The Balaban J connectivity index is 2.36. The number of amides is 2. The maximum atomic E-state index is 13.4. The van der Waals surface area contributed by atoms with E-state index in [1.807, 2.05) is 26.8 Å². The Morgan fingerprint density at radius 1 is 1.06 bits per heavy atom. The van der Waals surface area contributed by atoms with Crippen LogP contribution in [0.15, 0.2) is 48.5 Å². The van der Waals surface area contributed by atoms with Crippen LogP contribution in [0.5, 0.6) is 0 Å². The van der Waals surface area contributed by atoms with Gasteiger partial charge in [0.2, 0.25) is 21.8 Å². The molecule has 1 N–H and O–H groups in total. The number of benzene rings is 2. The second kappa shape index (κ2) is 11.5. The number of halogens is 1. The zero-order valence-corrected chi connectivity index (χ0v) is 21.3. The molecule has 0 aliphatic heterocycles. The molecular formula is C24H32ClN3O4S. The molecule has 0 saturated carbocycles. The first-order valence-corrected chi connectivity index (χ1v) is 13.0. The Labute approximate surface area is 201 Å². The number of carbonyl (C=O) groups excluding carboxylic acids is 2. The highest BCUT2D eigenvalue weighted by atomic mass is 35.5. The fourth-order valence-corrected chi connectivity index (χ4v) is 4.32. The predicted octanol–water partition coefficient (Wildman–Crippen LogP) is 3.60. The molecule has 2 amide bonds.